The van der Waals surface area contributed by atoms with Crippen molar-refractivity contribution in [1.29, 1.82) is 0 Å². The number of carbonyl (C=O) groups is 2. The molecular weight excluding hydrogens is 300 g/mol. The average molecular weight is 323 g/mol. The fourth-order valence-corrected chi connectivity index (χ4v) is 2.74. The molecule has 1 aromatic carbocycles. The van der Waals surface area contributed by atoms with Gasteiger partial charge < -0.3 is 10.2 Å². The van der Waals surface area contributed by atoms with Crippen molar-refractivity contribution in [2.75, 3.05) is 19.6 Å². The lowest BCUT2D eigenvalue weighted by Gasteiger charge is -2.16. The van der Waals surface area contributed by atoms with Gasteiger partial charge in [-0.3, -0.25) is 9.59 Å². The zero-order valence-corrected chi connectivity index (χ0v) is 13.7. The number of unbranched alkanes of at least 4 members (excludes halogenated alkanes) is 1. The number of rotatable bonds is 7. The van der Waals surface area contributed by atoms with E-state index in [-0.39, 0.29) is 17.7 Å². The Morgan fingerprint density at radius 1 is 1.36 bits per heavy atom. The summed E-state index contributed by atoms with van der Waals surface area (Å²) in [5, 5.41) is 3.63. The minimum Gasteiger partial charge on any atom is -0.356 e. The van der Waals surface area contributed by atoms with Crippen LogP contribution in [0.3, 0.4) is 0 Å². The maximum Gasteiger partial charge on any atom is 0.225 e. The van der Waals surface area contributed by atoms with Crippen LogP contribution in [-0.4, -0.2) is 36.3 Å². The highest BCUT2D eigenvalue weighted by atomic mass is 35.5. The average Bonchev–Trinajstić information content (AvgIpc) is 2.88. The molecule has 1 fully saturated rings. The molecule has 120 valence electrons. The molecule has 1 saturated heterocycles. The van der Waals surface area contributed by atoms with Gasteiger partial charge in [-0.25, -0.2) is 0 Å². The Labute approximate surface area is 136 Å². The van der Waals surface area contributed by atoms with Gasteiger partial charge in [0.1, 0.15) is 0 Å². The third-order valence-corrected chi connectivity index (χ3v) is 4.25. The normalized spacial score (nSPS) is 17.8. The first-order valence-corrected chi connectivity index (χ1v) is 8.28. The first kappa shape index (κ1) is 16.8. The number of amides is 2. The van der Waals surface area contributed by atoms with E-state index in [2.05, 4.69) is 12.2 Å². The van der Waals surface area contributed by atoms with E-state index in [1.54, 1.807) is 4.90 Å². The molecule has 1 aliphatic heterocycles. The van der Waals surface area contributed by atoms with Crippen LogP contribution in [0.15, 0.2) is 24.3 Å². The lowest BCUT2D eigenvalue weighted by Crippen LogP contribution is -2.34. The highest BCUT2D eigenvalue weighted by Crippen LogP contribution is 2.19. The van der Waals surface area contributed by atoms with Crippen LogP contribution in [0, 0.1) is 5.92 Å². The summed E-state index contributed by atoms with van der Waals surface area (Å²) in [4.78, 5) is 25.8. The Morgan fingerprint density at radius 2 is 2.09 bits per heavy atom. The van der Waals surface area contributed by atoms with E-state index in [1.165, 1.54) is 0 Å². The van der Waals surface area contributed by atoms with Crippen molar-refractivity contribution in [3.63, 3.8) is 0 Å². The first-order chi connectivity index (χ1) is 10.6. The molecule has 0 bridgehead atoms. The second-order valence-corrected chi connectivity index (χ2v) is 6.20. The Kier molecular flexibility index (Phi) is 6.25. The predicted octanol–water partition coefficient (Wildman–Crippen LogP) is 2.65. The summed E-state index contributed by atoms with van der Waals surface area (Å²) in [7, 11) is 0. The molecule has 1 N–H and O–H groups in total. The van der Waals surface area contributed by atoms with Gasteiger partial charge in [0, 0.05) is 31.1 Å². The summed E-state index contributed by atoms with van der Waals surface area (Å²) in [6.07, 6.45) is 3.15. The SMILES string of the molecule is CCCCNC(=O)C1CC(=O)N(CCc2ccc(Cl)cc2)C1. The second kappa shape index (κ2) is 8.18. The van der Waals surface area contributed by atoms with Crippen molar-refractivity contribution in [1.82, 2.24) is 10.2 Å². The topological polar surface area (TPSA) is 49.4 Å². The lowest BCUT2D eigenvalue weighted by atomic mass is 10.1. The van der Waals surface area contributed by atoms with Gasteiger partial charge in [0.25, 0.3) is 0 Å². The third-order valence-electron chi connectivity index (χ3n) is 4.00. The van der Waals surface area contributed by atoms with Gasteiger partial charge in [0.2, 0.25) is 11.8 Å². The highest BCUT2D eigenvalue weighted by molar-refractivity contribution is 6.30. The molecule has 4 nitrogen and oxygen atoms in total. The zero-order valence-electron chi connectivity index (χ0n) is 13.0. The number of halogens is 1. The Hall–Kier alpha value is -1.55. The van der Waals surface area contributed by atoms with Gasteiger partial charge in [0.15, 0.2) is 0 Å². The van der Waals surface area contributed by atoms with Gasteiger partial charge in [-0.05, 0) is 30.5 Å². The summed E-state index contributed by atoms with van der Waals surface area (Å²) < 4.78 is 0. The van der Waals surface area contributed by atoms with Crippen LogP contribution in [-0.2, 0) is 16.0 Å². The summed E-state index contributed by atoms with van der Waals surface area (Å²) in [6.45, 7) is 3.97. The maximum atomic E-state index is 12.0. The number of benzene rings is 1. The van der Waals surface area contributed by atoms with Crippen molar-refractivity contribution in [2.45, 2.75) is 32.6 Å². The number of hydrogen-bond donors (Lipinski definition) is 1. The molecule has 1 atom stereocenters. The van der Waals surface area contributed by atoms with E-state index in [0.29, 0.717) is 31.1 Å². The summed E-state index contributed by atoms with van der Waals surface area (Å²) in [6, 6.07) is 7.65. The molecule has 2 rings (SSSR count). The number of nitrogens with zero attached hydrogens (tertiary/aromatic N) is 1. The maximum absolute atomic E-state index is 12.0. The Bertz CT molecular complexity index is 516. The van der Waals surface area contributed by atoms with Crippen molar-refractivity contribution in [3.05, 3.63) is 34.9 Å². The van der Waals surface area contributed by atoms with E-state index >= 15 is 0 Å². The molecule has 1 heterocycles. The Balaban J connectivity index is 1.79. The Morgan fingerprint density at radius 3 is 2.77 bits per heavy atom. The van der Waals surface area contributed by atoms with E-state index < -0.39 is 0 Å². The fourth-order valence-electron chi connectivity index (χ4n) is 2.61. The monoisotopic (exact) mass is 322 g/mol. The number of nitrogens with one attached hydrogen (secondary N) is 1. The van der Waals surface area contributed by atoms with Gasteiger partial charge >= 0.3 is 0 Å². The van der Waals surface area contributed by atoms with Crippen LogP contribution in [0.1, 0.15) is 31.7 Å². The largest absolute Gasteiger partial charge is 0.356 e. The molecular formula is C17H23ClN2O2. The number of hydrogen-bond acceptors (Lipinski definition) is 2. The molecule has 2 amide bonds. The molecule has 1 aliphatic rings. The van der Waals surface area contributed by atoms with Crippen LogP contribution < -0.4 is 5.32 Å². The molecule has 0 spiro atoms. The van der Waals surface area contributed by atoms with Gasteiger partial charge in [-0.2, -0.15) is 0 Å². The minimum atomic E-state index is -0.199. The molecule has 22 heavy (non-hydrogen) atoms. The molecule has 1 unspecified atom stereocenters. The smallest absolute Gasteiger partial charge is 0.225 e. The minimum absolute atomic E-state index is 0.00999. The molecule has 0 radical (unpaired) electrons. The summed E-state index contributed by atoms with van der Waals surface area (Å²) in [5.74, 6) is -0.116. The van der Waals surface area contributed by atoms with Crippen LogP contribution in [0.25, 0.3) is 0 Å². The fraction of sp³-hybridized carbons (Fsp3) is 0.529. The van der Waals surface area contributed by atoms with Crippen molar-refractivity contribution >= 4 is 23.4 Å². The molecule has 0 aromatic heterocycles. The first-order valence-electron chi connectivity index (χ1n) is 7.90. The zero-order chi connectivity index (χ0) is 15.9. The number of carbonyl (C=O) groups excluding carboxylic acids is 2. The van der Waals surface area contributed by atoms with E-state index in [0.717, 1.165) is 24.8 Å². The third kappa shape index (κ3) is 4.73. The van der Waals surface area contributed by atoms with E-state index in [9.17, 15) is 9.59 Å². The van der Waals surface area contributed by atoms with Gasteiger partial charge in [-0.1, -0.05) is 37.1 Å². The van der Waals surface area contributed by atoms with E-state index in [1.807, 2.05) is 24.3 Å². The van der Waals surface area contributed by atoms with Crippen LogP contribution in [0.2, 0.25) is 5.02 Å². The second-order valence-electron chi connectivity index (χ2n) is 5.76. The predicted molar refractivity (Wildman–Crippen MR) is 87.8 cm³/mol. The van der Waals surface area contributed by atoms with Crippen LogP contribution in [0.4, 0.5) is 0 Å². The van der Waals surface area contributed by atoms with E-state index in [4.69, 9.17) is 11.6 Å². The summed E-state index contributed by atoms with van der Waals surface area (Å²) >= 11 is 5.86. The van der Waals surface area contributed by atoms with Crippen LogP contribution in [0.5, 0.6) is 0 Å². The van der Waals surface area contributed by atoms with Gasteiger partial charge in [-0.15, -0.1) is 0 Å². The standard InChI is InChI=1S/C17H23ClN2O2/c1-2-3-9-19-17(22)14-11-16(21)20(12-14)10-8-13-4-6-15(18)7-5-13/h4-7,14H,2-3,8-12H2,1H3,(H,19,22). The highest BCUT2D eigenvalue weighted by Gasteiger charge is 2.33. The van der Waals surface area contributed by atoms with Crippen molar-refractivity contribution < 1.29 is 9.59 Å². The quantitative estimate of drug-likeness (QED) is 0.785. The number of likely N-dealkylation sites (tertiary alicyclic amines) is 1. The summed E-state index contributed by atoms with van der Waals surface area (Å²) in [5.41, 5.74) is 1.15. The molecule has 1 aromatic rings. The lowest BCUT2D eigenvalue weighted by molar-refractivity contribution is -0.129. The van der Waals surface area contributed by atoms with Crippen molar-refractivity contribution in [2.24, 2.45) is 5.92 Å². The van der Waals surface area contributed by atoms with Crippen LogP contribution >= 0.6 is 11.6 Å². The molecule has 5 heteroatoms. The molecule has 0 saturated carbocycles. The van der Waals surface area contributed by atoms with Crippen molar-refractivity contribution in [3.8, 4) is 0 Å². The van der Waals surface area contributed by atoms with Gasteiger partial charge in [0.05, 0.1) is 5.92 Å². The molecule has 0 aliphatic carbocycles.